The molecule has 5 heteroatoms. The molecule has 5 nitrogen and oxygen atoms in total. The van der Waals surface area contributed by atoms with Crippen molar-refractivity contribution in [2.75, 3.05) is 26.3 Å². The monoisotopic (exact) mass is 272 g/mol. The van der Waals surface area contributed by atoms with Crippen LogP contribution in [0.1, 0.15) is 37.0 Å². The number of imidazole rings is 1. The van der Waals surface area contributed by atoms with E-state index >= 15 is 0 Å². The highest BCUT2D eigenvalue weighted by molar-refractivity contribution is 5.71. The summed E-state index contributed by atoms with van der Waals surface area (Å²) in [5.74, 6) is 1.73. The Balaban J connectivity index is 1.82. The van der Waals surface area contributed by atoms with Crippen LogP contribution in [0.4, 0.5) is 0 Å². The third kappa shape index (κ3) is 2.01. The van der Waals surface area contributed by atoms with Gasteiger partial charge in [-0.2, -0.15) is 0 Å². The van der Waals surface area contributed by atoms with Crippen LogP contribution in [0.25, 0.3) is 11.2 Å². The van der Waals surface area contributed by atoms with Crippen LogP contribution in [0, 0.1) is 0 Å². The van der Waals surface area contributed by atoms with E-state index < -0.39 is 0 Å². The molecule has 2 aromatic rings. The van der Waals surface area contributed by atoms with E-state index in [0.717, 1.165) is 56.7 Å². The largest absolute Gasteiger partial charge is 0.381 e. The Morgan fingerprint density at radius 1 is 1.25 bits per heavy atom. The second-order valence-electron chi connectivity index (χ2n) is 5.72. The van der Waals surface area contributed by atoms with Crippen molar-refractivity contribution in [3.63, 3.8) is 0 Å². The number of fused-ring (bicyclic) bond motifs is 1. The number of hydrogen-bond acceptors (Lipinski definition) is 4. The first kappa shape index (κ1) is 12.3. The number of pyridine rings is 1. The van der Waals surface area contributed by atoms with Gasteiger partial charge in [0.1, 0.15) is 11.3 Å². The summed E-state index contributed by atoms with van der Waals surface area (Å²) in [5.41, 5.74) is 2.07. The molecule has 20 heavy (non-hydrogen) atoms. The normalized spacial score (nSPS) is 24.5. The van der Waals surface area contributed by atoms with Crippen LogP contribution < -0.4 is 5.32 Å². The minimum Gasteiger partial charge on any atom is -0.381 e. The number of ether oxygens (including phenoxy) is 1. The van der Waals surface area contributed by atoms with Gasteiger partial charge < -0.3 is 14.6 Å². The first-order chi connectivity index (χ1) is 9.93. The maximum atomic E-state index is 5.50. The number of nitrogens with one attached hydrogen (secondary N) is 1. The van der Waals surface area contributed by atoms with Crippen molar-refractivity contribution in [2.45, 2.75) is 31.2 Å². The van der Waals surface area contributed by atoms with E-state index in [0.29, 0.717) is 12.0 Å². The molecular formula is C15H20N4O. The van der Waals surface area contributed by atoms with Gasteiger partial charge in [-0.05, 0) is 37.9 Å². The lowest BCUT2D eigenvalue weighted by Gasteiger charge is -2.24. The lowest BCUT2D eigenvalue weighted by Crippen LogP contribution is -2.21. The number of nitrogens with zero attached hydrogens (tertiary/aromatic N) is 3. The highest BCUT2D eigenvalue weighted by Gasteiger charge is 2.28. The summed E-state index contributed by atoms with van der Waals surface area (Å²) < 4.78 is 7.89. The Bertz CT molecular complexity index is 597. The molecule has 0 spiro atoms. The van der Waals surface area contributed by atoms with Crippen LogP contribution in [0.15, 0.2) is 18.3 Å². The van der Waals surface area contributed by atoms with Gasteiger partial charge in [-0.15, -0.1) is 0 Å². The second-order valence-corrected chi connectivity index (χ2v) is 5.72. The van der Waals surface area contributed by atoms with Gasteiger partial charge in [0, 0.05) is 31.9 Å². The van der Waals surface area contributed by atoms with E-state index in [1.54, 1.807) is 0 Å². The van der Waals surface area contributed by atoms with Gasteiger partial charge in [-0.1, -0.05) is 0 Å². The predicted octanol–water partition coefficient (Wildman–Crippen LogP) is 1.86. The Morgan fingerprint density at radius 3 is 2.95 bits per heavy atom. The second kappa shape index (κ2) is 5.14. The van der Waals surface area contributed by atoms with Gasteiger partial charge in [0.05, 0.1) is 6.04 Å². The van der Waals surface area contributed by atoms with Crippen LogP contribution >= 0.6 is 0 Å². The molecule has 106 valence electrons. The average Bonchev–Trinajstić information content (AvgIpc) is 3.14. The van der Waals surface area contributed by atoms with E-state index in [4.69, 9.17) is 9.72 Å². The molecule has 2 saturated heterocycles. The van der Waals surface area contributed by atoms with Crippen LogP contribution in [0.3, 0.4) is 0 Å². The summed E-state index contributed by atoms with van der Waals surface area (Å²) in [6, 6.07) is 4.54. The number of aromatic nitrogens is 3. The Kier molecular flexibility index (Phi) is 3.16. The van der Waals surface area contributed by atoms with Crippen LogP contribution in [-0.4, -0.2) is 40.8 Å². The van der Waals surface area contributed by atoms with E-state index in [1.807, 2.05) is 12.3 Å². The van der Waals surface area contributed by atoms with Gasteiger partial charge in [-0.3, -0.25) is 0 Å². The summed E-state index contributed by atoms with van der Waals surface area (Å²) in [6.45, 7) is 3.82. The van der Waals surface area contributed by atoms with Crippen LogP contribution in [0.2, 0.25) is 0 Å². The molecule has 1 atom stereocenters. The lowest BCUT2D eigenvalue weighted by atomic mass is 9.99. The first-order valence-electron chi connectivity index (χ1n) is 7.55. The molecule has 0 bridgehead atoms. The van der Waals surface area contributed by atoms with Crippen molar-refractivity contribution < 1.29 is 4.74 Å². The molecule has 2 aromatic heterocycles. The van der Waals surface area contributed by atoms with E-state index in [1.165, 1.54) is 5.82 Å². The summed E-state index contributed by atoms with van der Waals surface area (Å²) in [7, 11) is 0. The fourth-order valence-electron chi connectivity index (χ4n) is 3.41. The third-order valence-electron chi connectivity index (χ3n) is 4.46. The summed E-state index contributed by atoms with van der Waals surface area (Å²) >= 11 is 0. The van der Waals surface area contributed by atoms with Gasteiger partial charge in [-0.25, -0.2) is 9.97 Å². The fraction of sp³-hybridized carbons (Fsp3) is 0.600. The third-order valence-corrected chi connectivity index (χ3v) is 4.46. The Morgan fingerprint density at radius 2 is 2.15 bits per heavy atom. The average molecular weight is 272 g/mol. The highest BCUT2D eigenvalue weighted by atomic mass is 16.5. The van der Waals surface area contributed by atoms with Crippen molar-refractivity contribution in [1.29, 1.82) is 0 Å². The standard InChI is InChI=1S/C15H20N4O/c1-2-13-15(17-6-1)19(12-3-7-16-10-12)14(18-13)11-4-8-20-9-5-11/h1-2,6,11-12,16H,3-5,7-10H2. The molecule has 4 heterocycles. The lowest BCUT2D eigenvalue weighted by molar-refractivity contribution is 0.0826. The molecule has 0 amide bonds. The molecule has 1 unspecified atom stereocenters. The van der Waals surface area contributed by atoms with Gasteiger partial charge in [0.2, 0.25) is 0 Å². The molecule has 0 aromatic carbocycles. The maximum absolute atomic E-state index is 5.50. The van der Waals surface area contributed by atoms with E-state index in [-0.39, 0.29) is 0 Å². The van der Waals surface area contributed by atoms with E-state index in [9.17, 15) is 0 Å². The molecular weight excluding hydrogens is 252 g/mol. The first-order valence-corrected chi connectivity index (χ1v) is 7.55. The molecule has 0 radical (unpaired) electrons. The summed E-state index contributed by atoms with van der Waals surface area (Å²) in [4.78, 5) is 9.48. The quantitative estimate of drug-likeness (QED) is 0.906. The Labute approximate surface area is 118 Å². The Hall–Kier alpha value is -1.46. The number of rotatable bonds is 2. The van der Waals surface area contributed by atoms with Crippen molar-refractivity contribution in [2.24, 2.45) is 0 Å². The zero-order valence-electron chi connectivity index (χ0n) is 11.6. The highest BCUT2D eigenvalue weighted by Crippen LogP contribution is 2.32. The van der Waals surface area contributed by atoms with Crippen molar-refractivity contribution in [1.82, 2.24) is 19.9 Å². The molecule has 2 aliphatic rings. The smallest absolute Gasteiger partial charge is 0.160 e. The molecule has 1 N–H and O–H groups in total. The summed E-state index contributed by atoms with van der Waals surface area (Å²) in [6.07, 6.45) is 5.18. The number of hydrogen-bond donors (Lipinski definition) is 1. The molecule has 2 fully saturated rings. The molecule has 0 saturated carbocycles. The van der Waals surface area contributed by atoms with Gasteiger partial charge in [0.25, 0.3) is 0 Å². The van der Waals surface area contributed by atoms with Gasteiger partial charge in [0.15, 0.2) is 5.65 Å². The maximum Gasteiger partial charge on any atom is 0.160 e. The zero-order chi connectivity index (χ0) is 13.4. The fourth-order valence-corrected chi connectivity index (χ4v) is 3.41. The van der Waals surface area contributed by atoms with Crippen molar-refractivity contribution in [3.05, 3.63) is 24.2 Å². The topological polar surface area (TPSA) is 52.0 Å². The molecule has 4 rings (SSSR count). The van der Waals surface area contributed by atoms with Crippen molar-refractivity contribution >= 4 is 11.2 Å². The molecule has 2 aliphatic heterocycles. The zero-order valence-corrected chi connectivity index (χ0v) is 11.6. The van der Waals surface area contributed by atoms with Gasteiger partial charge >= 0.3 is 0 Å². The predicted molar refractivity (Wildman–Crippen MR) is 76.8 cm³/mol. The minimum atomic E-state index is 0.493. The van der Waals surface area contributed by atoms with Crippen LogP contribution in [0.5, 0.6) is 0 Å². The van der Waals surface area contributed by atoms with Crippen molar-refractivity contribution in [3.8, 4) is 0 Å². The van der Waals surface area contributed by atoms with E-state index in [2.05, 4.69) is 20.9 Å². The SMILES string of the molecule is c1cnc2c(c1)nc(C1CCOCC1)n2C1CCNC1. The van der Waals surface area contributed by atoms with Crippen LogP contribution in [-0.2, 0) is 4.74 Å². The molecule has 0 aliphatic carbocycles. The summed E-state index contributed by atoms with van der Waals surface area (Å²) in [5, 5.41) is 3.45. The minimum absolute atomic E-state index is 0.493.